The van der Waals surface area contributed by atoms with E-state index >= 15 is 0 Å². The van der Waals surface area contributed by atoms with Gasteiger partial charge in [0.25, 0.3) is 0 Å². The largest absolute Gasteiger partial charge is 0.379 e. The van der Waals surface area contributed by atoms with Gasteiger partial charge in [0.1, 0.15) is 0 Å². The van der Waals surface area contributed by atoms with Crippen molar-refractivity contribution in [2.24, 2.45) is 0 Å². The van der Waals surface area contributed by atoms with E-state index in [1.54, 1.807) is 4.90 Å². The molecule has 11 heteroatoms. The van der Waals surface area contributed by atoms with Crippen molar-refractivity contribution < 1.29 is 26.4 Å². The van der Waals surface area contributed by atoms with Gasteiger partial charge in [-0.1, -0.05) is 0 Å². The van der Waals surface area contributed by atoms with Gasteiger partial charge in [-0.15, -0.1) is 0 Å². The van der Waals surface area contributed by atoms with Crippen molar-refractivity contribution in [3.8, 4) is 0 Å². The molecule has 0 spiro atoms. The number of nitrogens with zero attached hydrogens (tertiary/aromatic N) is 2. The molecule has 1 amide bonds. The lowest BCUT2D eigenvalue weighted by Gasteiger charge is -2.26. The summed E-state index contributed by atoms with van der Waals surface area (Å²) >= 11 is 0. The van der Waals surface area contributed by atoms with Crippen LogP contribution in [0.15, 0.2) is 34.1 Å². The maximum absolute atomic E-state index is 12.6. The zero-order valence-corrected chi connectivity index (χ0v) is 17.2. The molecule has 1 N–H and O–H groups in total. The summed E-state index contributed by atoms with van der Waals surface area (Å²) in [5.74, 6) is 0.111. The van der Waals surface area contributed by atoms with Crippen molar-refractivity contribution in [3.05, 3.63) is 24.3 Å². The predicted octanol–water partition coefficient (Wildman–Crippen LogP) is -0.00170. The van der Waals surface area contributed by atoms with Gasteiger partial charge in [0.2, 0.25) is 26.0 Å². The average molecular weight is 432 g/mol. The van der Waals surface area contributed by atoms with E-state index in [0.717, 1.165) is 13.0 Å². The highest BCUT2D eigenvalue weighted by atomic mass is 32.2. The third kappa shape index (κ3) is 4.90. The van der Waals surface area contributed by atoms with Crippen molar-refractivity contribution in [1.82, 2.24) is 13.9 Å². The smallest absolute Gasteiger partial charge is 0.243 e. The molecule has 2 aliphatic rings. The number of benzene rings is 1. The Hall–Kier alpha value is -1.53. The summed E-state index contributed by atoms with van der Waals surface area (Å²) < 4.78 is 58.9. The van der Waals surface area contributed by atoms with Crippen molar-refractivity contribution in [3.63, 3.8) is 0 Å². The number of hydrogen-bond acceptors (Lipinski definition) is 6. The van der Waals surface area contributed by atoms with Crippen LogP contribution in [-0.4, -0.2) is 77.9 Å². The molecule has 0 aliphatic carbocycles. The van der Waals surface area contributed by atoms with E-state index < -0.39 is 20.0 Å². The van der Waals surface area contributed by atoms with Gasteiger partial charge < -0.3 is 9.64 Å². The molecule has 0 unspecified atom stereocenters. The molecule has 2 aliphatic heterocycles. The van der Waals surface area contributed by atoms with Crippen LogP contribution in [0.3, 0.4) is 0 Å². The molecule has 156 valence electrons. The molecule has 2 fully saturated rings. The lowest BCUT2D eigenvalue weighted by molar-refractivity contribution is -0.127. The van der Waals surface area contributed by atoms with E-state index in [2.05, 4.69) is 4.72 Å². The quantitative estimate of drug-likeness (QED) is 0.580. The van der Waals surface area contributed by atoms with Crippen LogP contribution >= 0.6 is 0 Å². The number of hydrogen-bond donors (Lipinski definition) is 1. The second kappa shape index (κ2) is 8.87. The Labute approximate surface area is 165 Å². The minimum Gasteiger partial charge on any atom is -0.379 e. The lowest BCUT2D eigenvalue weighted by Crippen LogP contribution is -2.40. The molecule has 3 rings (SSSR count). The Morgan fingerprint density at radius 1 is 0.964 bits per heavy atom. The van der Waals surface area contributed by atoms with Crippen molar-refractivity contribution in [2.45, 2.75) is 29.1 Å². The van der Waals surface area contributed by atoms with E-state index in [1.165, 1.54) is 28.6 Å². The Morgan fingerprint density at radius 2 is 1.61 bits per heavy atom. The van der Waals surface area contributed by atoms with Gasteiger partial charge in [-0.25, -0.2) is 21.6 Å². The Kier molecular flexibility index (Phi) is 6.71. The monoisotopic (exact) mass is 431 g/mol. The number of ether oxygens (including phenoxy) is 1. The van der Waals surface area contributed by atoms with Crippen LogP contribution < -0.4 is 4.72 Å². The van der Waals surface area contributed by atoms with Crippen molar-refractivity contribution in [2.75, 3.05) is 45.9 Å². The highest BCUT2D eigenvalue weighted by Gasteiger charge is 2.27. The van der Waals surface area contributed by atoms with Crippen molar-refractivity contribution in [1.29, 1.82) is 0 Å². The molecule has 0 bridgehead atoms. The first-order valence-corrected chi connectivity index (χ1v) is 12.2. The SMILES string of the molecule is O=C1CCCN1CCCNS(=O)(=O)c1ccc(S(=O)(=O)N2CCOCC2)cc1. The maximum atomic E-state index is 12.6. The van der Waals surface area contributed by atoms with E-state index in [9.17, 15) is 21.6 Å². The predicted molar refractivity (Wildman–Crippen MR) is 102 cm³/mol. The summed E-state index contributed by atoms with van der Waals surface area (Å²) in [4.78, 5) is 13.3. The first-order valence-electron chi connectivity index (χ1n) is 9.26. The van der Waals surface area contributed by atoms with Crippen LogP contribution in [0.2, 0.25) is 0 Å². The lowest BCUT2D eigenvalue weighted by atomic mass is 10.4. The van der Waals surface area contributed by atoms with Gasteiger partial charge in [0.05, 0.1) is 23.0 Å². The van der Waals surface area contributed by atoms with Gasteiger partial charge in [-0.3, -0.25) is 4.79 Å². The molecule has 0 radical (unpaired) electrons. The van der Waals surface area contributed by atoms with Gasteiger partial charge in [0, 0.05) is 39.1 Å². The first-order chi connectivity index (χ1) is 13.3. The molecule has 9 nitrogen and oxygen atoms in total. The van der Waals surface area contributed by atoms with Gasteiger partial charge in [0.15, 0.2) is 0 Å². The highest BCUT2D eigenvalue weighted by molar-refractivity contribution is 7.89. The molecule has 2 saturated heterocycles. The molecule has 0 atom stereocenters. The zero-order valence-electron chi connectivity index (χ0n) is 15.5. The molecule has 2 heterocycles. The standard InChI is InChI=1S/C17H25N3O6S2/c21-17-3-1-9-19(17)10-2-8-18-27(22,23)15-4-6-16(7-5-15)28(24,25)20-11-13-26-14-12-20/h4-7,18H,1-3,8-14H2. The van der Waals surface area contributed by atoms with E-state index in [0.29, 0.717) is 32.6 Å². The number of carbonyl (C=O) groups is 1. The molecular formula is C17H25N3O6S2. The summed E-state index contributed by atoms with van der Waals surface area (Å²) in [7, 11) is -7.40. The first kappa shape index (κ1) is 21.2. The second-order valence-electron chi connectivity index (χ2n) is 6.72. The fourth-order valence-corrected chi connectivity index (χ4v) is 5.71. The van der Waals surface area contributed by atoms with Crippen LogP contribution in [-0.2, 0) is 29.6 Å². The Bertz CT molecular complexity index is 893. The van der Waals surface area contributed by atoms with Crippen LogP contribution in [0.5, 0.6) is 0 Å². The summed E-state index contributed by atoms with van der Waals surface area (Å²) in [5.41, 5.74) is 0. The summed E-state index contributed by atoms with van der Waals surface area (Å²) in [5, 5.41) is 0. The van der Waals surface area contributed by atoms with Crippen LogP contribution in [0.25, 0.3) is 0 Å². The third-order valence-electron chi connectivity index (χ3n) is 4.81. The number of rotatable bonds is 8. The fraction of sp³-hybridized carbons (Fsp3) is 0.588. The molecule has 1 aromatic carbocycles. The van der Waals surface area contributed by atoms with Gasteiger partial charge >= 0.3 is 0 Å². The number of sulfonamides is 2. The normalized spacial score (nSPS) is 19.3. The maximum Gasteiger partial charge on any atom is 0.243 e. The molecular weight excluding hydrogens is 406 g/mol. The number of carbonyl (C=O) groups excluding carboxylic acids is 1. The van der Waals surface area contributed by atoms with E-state index in [1.807, 2.05) is 0 Å². The number of morpholine rings is 1. The molecule has 1 aromatic rings. The summed E-state index contributed by atoms with van der Waals surface area (Å²) in [6.45, 7) is 2.72. The number of amides is 1. The summed E-state index contributed by atoms with van der Waals surface area (Å²) in [6, 6.07) is 5.20. The number of likely N-dealkylation sites (tertiary alicyclic amines) is 1. The van der Waals surface area contributed by atoms with Gasteiger partial charge in [-0.05, 0) is 37.1 Å². The van der Waals surface area contributed by atoms with Gasteiger partial charge in [-0.2, -0.15) is 4.31 Å². The number of nitrogens with one attached hydrogen (secondary N) is 1. The van der Waals surface area contributed by atoms with E-state index in [-0.39, 0.29) is 35.3 Å². The highest BCUT2D eigenvalue weighted by Crippen LogP contribution is 2.19. The minimum absolute atomic E-state index is 0.00526. The van der Waals surface area contributed by atoms with Crippen LogP contribution in [0, 0.1) is 0 Å². The average Bonchev–Trinajstić information content (AvgIpc) is 3.11. The van der Waals surface area contributed by atoms with Crippen LogP contribution in [0.1, 0.15) is 19.3 Å². The topological polar surface area (TPSA) is 113 Å². The fourth-order valence-electron chi connectivity index (χ4n) is 3.23. The third-order valence-corrected chi connectivity index (χ3v) is 8.20. The summed E-state index contributed by atoms with van der Waals surface area (Å²) in [6.07, 6.45) is 1.93. The molecule has 0 aromatic heterocycles. The minimum atomic E-state index is -3.74. The zero-order chi connectivity index (χ0) is 20.2. The van der Waals surface area contributed by atoms with Crippen LogP contribution in [0.4, 0.5) is 0 Å². The molecule has 0 saturated carbocycles. The second-order valence-corrected chi connectivity index (χ2v) is 10.4. The Balaban J connectivity index is 1.57. The Morgan fingerprint density at radius 3 is 2.21 bits per heavy atom. The van der Waals surface area contributed by atoms with Crippen molar-refractivity contribution >= 4 is 26.0 Å². The molecule has 28 heavy (non-hydrogen) atoms. The van der Waals surface area contributed by atoms with E-state index in [4.69, 9.17) is 4.74 Å².